The summed E-state index contributed by atoms with van der Waals surface area (Å²) in [5.41, 5.74) is 0.610. The Morgan fingerprint density at radius 1 is 1.36 bits per heavy atom. The highest BCUT2D eigenvalue weighted by molar-refractivity contribution is 9.10. The molecule has 1 saturated heterocycles. The summed E-state index contributed by atoms with van der Waals surface area (Å²) in [5, 5.41) is 3.43. The molecule has 1 aromatic rings. The molecule has 1 N–H and O–H groups in total. The van der Waals surface area contributed by atoms with Gasteiger partial charge in [-0.25, -0.2) is 4.90 Å². The molecule has 7 heteroatoms. The zero-order valence-corrected chi connectivity index (χ0v) is 14.9. The number of thioether (sulfide) groups is 1. The Labute approximate surface area is 142 Å². The van der Waals surface area contributed by atoms with Crippen LogP contribution in [0.2, 0.25) is 0 Å². The van der Waals surface area contributed by atoms with Crippen LogP contribution in [0.3, 0.4) is 0 Å². The summed E-state index contributed by atoms with van der Waals surface area (Å²) in [6, 6.07) is 7.16. The molecule has 0 bridgehead atoms. The molecule has 2 rings (SSSR count). The maximum atomic E-state index is 12.5. The maximum Gasteiger partial charge on any atom is 0.247 e. The first-order valence-corrected chi connectivity index (χ1v) is 8.81. The first-order chi connectivity index (χ1) is 10.6. The lowest BCUT2D eigenvalue weighted by Crippen LogP contribution is -2.32. The quantitative estimate of drug-likeness (QED) is 0.493. The Morgan fingerprint density at radius 3 is 2.64 bits per heavy atom. The monoisotopic (exact) mass is 383 g/mol. The highest BCUT2D eigenvalue weighted by Gasteiger charge is 2.40. The third-order valence-corrected chi connectivity index (χ3v) is 4.75. The van der Waals surface area contributed by atoms with Crippen molar-refractivity contribution in [3.8, 4) is 0 Å². The molecule has 0 aliphatic carbocycles. The smallest absolute Gasteiger partial charge is 0.247 e. The van der Waals surface area contributed by atoms with Crippen LogP contribution in [-0.2, 0) is 9.59 Å². The number of hydrogen-bond acceptors (Lipinski definition) is 4. The lowest BCUT2D eigenvalue weighted by molar-refractivity contribution is -0.121. The van der Waals surface area contributed by atoms with Gasteiger partial charge in [-0.05, 0) is 38.1 Å². The van der Waals surface area contributed by atoms with Crippen LogP contribution in [0, 0.1) is 0 Å². The van der Waals surface area contributed by atoms with Gasteiger partial charge >= 0.3 is 0 Å². The molecule has 0 radical (unpaired) electrons. The number of carbonyl (C=O) groups excluding carboxylic acids is 2. The molecule has 0 spiro atoms. The molecule has 0 saturated carbocycles. The van der Waals surface area contributed by atoms with Crippen molar-refractivity contribution in [2.45, 2.75) is 25.5 Å². The Morgan fingerprint density at radius 2 is 2.05 bits per heavy atom. The summed E-state index contributed by atoms with van der Waals surface area (Å²) in [6.45, 7) is 5.28. The Kier molecular flexibility index (Phi) is 6.02. The summed E-state index contributed by atoms with van der Waals surface area (Å²) in [7, 11) is 0. The third kappa shape index (κ3) is 3.89. The van der Waals surface area contributed by atoms with E-state index in [1.165, 1.54) is 16.7 Å². The molecular formula is C15H18BrN3O2S. The highest BCUT2D eigenvalue weighted by Crippen LogP contribution is 2.30. The zero-order chi connectivity index (χ0) is 16.1. The topological polar surface area (TPSA) is 61.8 Å². The van der Waals surface area contributed by atoms with Crippen LogP contribution >= 0.6 is 27.7 Å². The molecule has 0 unspecified atom stereocenters. The molecule has 2 amide bonds. The van der Waals surface area contributed by atoms with Gasteiger partial charge in [0, 0.05) is 24.0 Å². The van der Waals surface area contributed by atoms with Gasteiger partial charge in [-0.15, -0.1) is 0 Å². The van der Waals surface area contributed by atoms with Gasteiger partial charge in [0.05, 0.1) is 5.69 Å². The van der Waals surface area contributed by atoms with Gasteiger partial charge in [0.2, 0.25) is 11.8 Å². The molecule has 0 aromatic heterocycles. The van der Waals surface area contributed by atoms with Crippen LogP contribution in [0.1, 0.15) is 20.3 Å². The maximum absolute atomic E-state index is 12.5. The number of aliphatic imine (C=N–C) groups is 1. The van der Waals surface area contributed by atoms with Gasteiger partial charge < -0.3 is 5.32 Å². The standard InChI is InChI=1S/C15H18BrN3O2S/c1-3-17-15(18-4-2)22-12-9-13(20)19(14(12)21)11-7-5-10(16)6-8-11/h5-8,12H,3-4,9H2,1-2H3,(H,17,18)/t12-/m0/s1. The second-order valence-corrected chi connectivity index (χ2v) is 6.77. The lowest BCUT2D eigenvalue weighted by Gasteiger charge is -2.15. The minimum absolute atomic E-state index is 0.169. The minimum atomic E-state index is -0.416. The van der Waals surface area contributed by atoms with Crippen LogP contribution in [0.5, 0.6) is 0 Å². The van der Waals surface area contributed by atoms with Crippen LogP contribution in [-0.4, -0.2) is 35.3 Å². The van der Waals surface area contributed by atoms with Crippen molar-refractivity contribution >= 4 is 50.4 Å². The first kappa shape index (κ1) is 17.0. The largest absolute Gasteiger partial charge is 0.365 e. The Hall–Kier alpha value is -1.34. The lowest BCUT2D eigenvalue weighted by atomic mass is 10.3. The predicted octanol–water partition coefficient (Wildman–Crippen LogP) is 2.80. The number of amides is 2. The van der Waals surface area contributed by atoms with E-state index < -0.39 is 5.25 Å². The molecule has 1 atom stereocenters. The molecule has 1 heterocycles. The van der Waals surface area contributed by atoms with E-state index in [9.17, 15) is 9.59 Å². The van der Waals surface area contributed by atoms with Crippen molar-refractivity contribution in [2.24, 2.45) is 4.99 Å². The second kappa shape index (κ2) is 7.78. The summed E-state index contributed by atoms with van der Waals surface area (Å²) < 4.78 is 0.908. The number of imide groups is 1. The number of anilines is 1. The van der Waals surface area contributed by atoms with Gasteiger partial charge in [-0.1, -0.05) is 27.7 Å². The minimum Gasteiger partial charge on any atom is -0.365 e. The second-order valence-electron chi connectivity index (χ2n) is 4.66. The summed E-state index contributed by atoms with van der Waals surface area (Å²) in [4.78, 5) is 30.3. The number of rotatable bonds is 4. The molecule has 1 aliphatic rings. The van der Waals surface area contributed by atoms with Crippen LogP contribution in [0.4, 0.5) is 5.69 Å². The normalized spacial score (nSPS) is 19.0. The van der Waals surface area contributed by atoms with Crippen LogP contribution < -0.4 is 10.2 Å². The number of nitrogens with zero attached hydrogens (tertiary/aromatic N) is 2. The molecule has 1 aromatic carbocycles. The number of hydrogen-bond donors (Lipinski definition) is 1. The number of nitrogens with one attached hydrogen (secondary N) is 1. The number of benzene rings is 1. The van der Waals surface area contributed by atoms with Crippen molar-refractivity contribution in [3.63, 3.8) is 0 Å². The molecule has 5 nitrogen and oxygen atoms in total. The molecule has 1 fully saturated rings. The van der Waals surface area contributed by atoms with Crippen molar-refractivity contribution in [1.82, 2.24) is 5.32 Å². The van der Waals surface area contributed by atoms with E-state index in [1.807, 2.05) is 26.0 Å². The van der Waals surface area contributed by atoms with E-state index in [2.05, 4.69) is 26.2 Å². The van der Waals surface area contributed by atoms with Crippen molar-refractivity contribution in [3.05, 3.63) is 28.7 Å². The molecule has 1 aliphatic heterocycles. The Balaban J connectivity index is 2.14. The fourth-order valence-corrected chi connectivity index (χ4v) is 3.52. The van der Waals surface area contributed by atoms with Gasteiger partial charge in [-0.2, -0.15) is 0 Å². The third-order valence-electron chi connectivity index (χ3n) is 3.07. The summed E-state index contributed by atoms with van der Waals surface area (Å²) >= 11 is 4.68. The van der Waals surface area contributed by atoms with Gasteiger partial charge in [0.25, 0.3) is 0 Å². The highest BCUT2D eigenvalue weighted by atomic mass is 79.9. The summed E-state index contributed by atoms with van der Waals surface area (Å²) in [6.07, 6.45) is 0.202. The van der Waals surface area contributed by atoms with E-state index in [0.29, 0.717) is 17.4 Å². The van der Waals surface area contributed by atoms with Gasteiger partial charge in [-0.3, -0.25) is 14.6 Å². The van der Waals surface area contributed by atoms with E-state index in [0.717, 1.165) is 11.0 Å². The van der Waals surface area contributed by atoms with Crippen LogP contribution in [0.15, 0.2) is 33.7 Å². The average Bonchev–Trinajstić information content (AvgIpc) is 2.75. The van der Waals surface area contributed by atoms with E-state index in [4.69, 9.17) is 0 Å². The van der Waals surface area contributed by atoms with E-state index in [1.54, 1.807) is 12.1 Å². The van der Waals surface area contributed by atoms with Crippen molar-refractivity contribution in [2.75, 3.05) is 18.0 Å². The predicted molar refractivity (Wildman–Crippen MR) is 94.3 cm³/mol. The first-order valence-electron chi connectivity index (χ1n) is 7.14. The van der Waals surface area contributed by atoms with Crippen LogP contribution in [0.25, 0.3) is 0 Å². The SMILES string of the molecule is CCN=C(NCC)S[C@H]1CC(=O)N(c2ccc(Br)cc2)C1=O. The molecule has 118 valence electrons. The average molecular weight is 384 g/mol. The Bertz CT molecular complexity index is 589. The van der Waals surface area contributed by atoms with E-state index in [-0.39, 0.29) is 18.2 Å². The van der Waals surface area contributed by atoms with Crippen molar-refractivity contribution in [1.29, 1.82) is 0 Å². The number of amidine groups is 1. The number of carbonyl (C=O) groups is 2. The van der Waals surface area contributed by atoms with Gasteiger partial charge in [0.1, 0.15) is 5.25 Å². The molecule has 22 heavy (non-hydrogen) atoms. The number of halogens is 1. The fourth-order valence-electron chi connectivity index (χ4n) is 2.12. The molecular weight excluding hydrogens is 366 g/mol. The summed E-state index contributed by atoms with van der Waals surface area (Å²) in [5.74, 6) is -0.351. The van der Waals surface area contributed by atoms with Crippen molar-refractivity contribution < 1.29 is 9.59 Å². The zero-order valence-electron chi connectivity index (χ0n) is 12.5. The fraction of sp³-hybridized carbons (Fsp3) is 0.400. The van der Waals surface area contributed by atoms with E-state index >= 15 is 0 Å². The van der Waals surface area contributed by atoms with Gasteiger partial charge in [0.15, 0.2) is 5.17 Å².